The molecular formula is C13H19ClN2O2. The molecule has 0 aliphatic heterocycles. The van der Waals surface area contributed by atoms with Gasteiger partial charge >= 0.3 is 0 Å². The van der Waals surface area contributed by atoms with E-state index in [1.165, 1.54) is 0 Å². The third kappa shape index (κ3) is 4.94. The molecule has 4 nitrogen and oxygen atoms in total. The van der Waals surface area contributed by atoms with Crippen molar-refractivity contribution in [3.63, 3.8) is 0 Å². The molecule has 0 aliphatic carbocycles. The van der Waals surface area contributed by atoms with Gasteiger partial charge in [0.05, 0.1) is 5.02 Å². The molecule has 1 amide bonds. The monoisotopic (exact) mass is 270 g/mol. The fourth-order valence-electron chi connectivity index (χ4n) is 1.44. The van der Waals surface area contributed by atoms with Crippen molar-refractivity contribution in [1.82, 2.24) is 5.32 Å². The molecule has 0 saturated heterocycles. The molecule has 1 aromatic rings. The largest absolute Gasteiger partial charge is 0.482 e. The van der Waals surface area contributed by atoms with E-state index in [4.69, 9.17) is 22.1 Å². The molecule has 0 aliphatic rings. The summed E-state index contributed by atoms with van der Waals surface area (Å²) < 4.78 is 5.35. The zero-order chi connectivity index (χ0) is 13.4. The van der Waals surface area contributed by atoms with Gasteiger partial charge in [0.2, 0.25) is 0 Å². The Morgan fingerprint density at radius 2 is 2.28 bits per heavy atom. The minimum atomic E-state index is -0.140. The summed E-state index contributed by atoms with van der Waals surface area (Å²) in [5.74, 6) is 0.378. The SMILES string of the molecule is CCCNC(=O)COc1ccc(CCN)cc1Cl. The van der Waals surface area contributed by atoms with Crippen molar-refractivity contribution in [2.75, 3.05) is 19.7 Å². The molecule has 0 unspecified atom stereocenters. The van der Waals surface area contributed by atoms with Gasteiger partial charge in [-0.15, -0.1) is 0 Å². The lowest BCUT2D eigenvalue weighted by molar-refractivity contribution is -0.123. The number of hydrogen-bond acceptors (Lipinski definition) is 3. The summed E-state index contributed by atoms with van der Waals surface area (Å²) in [7, 11) is 0. The van der Waals surface area contributed by atoms with Crippen LogP contribution in [0.3, 0.4) is 0 Å². The molecule has 0 bridgehead atoms. The second kappa shape index (κ2) is 7.95. The number of halogens is 1. The van der Waals surface area contributed by atoms with Crippen molar-refractivity contribution < 1.29 is 9.53 Å². The normalized spacial score (nSPS) is 10.2. The molecule has 1 aromatic carbocycles. The zero-order valence-corrected chi connectivity index (χ0v) is 11.3. The first kappa shape index (κ1) is 14.8. The number of carbonyl (C=O) groups excluding carboxylic acids is 1. The van der Waals surface area contributed by atoms with Crippen molar-refractivity contribution in [3.8, 4) is 5.75 Å². The smallest absolute Gasteiger partial charge is 0.257 e. The van der Waals surface area contributed by atoms with Crippen LogP contribution < -0.4 is 15.8 Å². The minimum absolute atomic E-state index is 0.0179. The van der Waals surface area contributed by atoms with Gasteiger partial charge in [-0.1, -0.05) is 24.6 Å². The molecule has 3 N–H and O–H groups in total. The van der Waals surface area contributed by atoms with Gasteiger partial charge < -0.3 is 15.8 Å². The van der Waals surface area contributed by atoms with Gasteiger partial charge in [-0.05, 0) is 37.1 Å². The van der Waals surface area contributed by atoms with E-state index < -0.39 is 0 Å². The first-order valence-corrected chi connectivity index (χ1v) is 6.43. The first-order chi connectivity index (χ1) is 8.67. The van der Waals surface area contributed by atoms with E-state index in [2.05, 4.69) is 5.32 Å². The summed E-state index contributed by atoms with van der Waals surface area (Å²) in [4.78, 5) is 11.4. The van der Waals surface area contributed by atoms with Crippen molar-refractivity contribution >= 4 is 17.5 Å². The molecule has 0 atom stereocenters. The maximum atomic E-state index is 11.4. The van der Waals surface area contributed by atoms with Gasteiger partial charge in [-0.25, -0.2) is 0 Å². The number of carbonyl (C=O) groups is 1. The number of benzene rings is 1. The number of amides is 1. The Hall–Kier alpha value is -1.26. The van der Waals surface area contributed by atoms with Crippen LogP contribution >= 0.6 is 11.6 Å². The van der Waals surface area contributed by atoms with E-state index in [1.807, 2.05) is 19.1 Å². The maximum Gasteiger partial charge on any atom is 0.257 e. The number of rotatable bonds is 7. The van der Waals surface area contributed by atoms with Gasteiger partial charge in [0.1, 0.15) is 5.75 Å². The maximum absolute atomic E-state index is 11.4. The minimum Gasteiger partial charge on any atom is -0.482 e. The molecule has 0 aromatic heterocycles. The average Bonchev–Trinajstić information content (AvgIpc) is 2.35. The molecule has 0 saturated carbocycles. The summed E-state index contributed by atoms with van der Waals surface area (Å²) in [6.07, 6.45) is 1.68. The van der Waals surface area contributed by atoms with Crippen molar-refractivity contribution in [1.29, 1.82) is 0 Å². The van der Waals surface area contributed by atoms with Crippen LogP contribution in [0.4, 0.5) is 0 Å². The highest BCUT2D eigenvalue weighted by Gasteiger charge is 2.06. The van der Waals surface area contributed by atoms with Gasteiger partial charge in [0, 0.05) is 6.54 Å². The Bertz CT molecular complexity index is 397. The van der Waals surface area contributed by atoms with Crippen LogP contribution in [0.15, 0.2) is 18.2 Å². The molecular weight excluding hydrogens is 252 g/mol. The van der Waals surface area contributed by atoms with E-state index in [1.54, 1.807) is 6.07 Å². The fraction of sp³-hybridized carbons (Fsp3) is 0.462. The molecule has 0 spiro atoms. The van der Waals surface area contributed by atoms with Crippen LogP contribution in [0, 0.1) is 0 Å². The zero-order valence-electron chi connectivity index (χ0n) is 10.5. The second-order valence-corrected chi connectivity index (χ2v) is 4.35. The third-order valence-electron chi connectivity index (χ3n) is 2.36. The topological polar surface area (TPSA) is 64.3 Å². The van der Waals surface area contributed by atoms with Crippen molar-refractivity contribution in [2.24, 2.45) is 5.73 Å². The quantitative estimate of drug-likeness (QED) is 0.793. The average molecular weight is 271 g/mol. The van der Waals surface area contributed by atoms with Crippen LogP contribution in [0.5, 0.6) is 5.75 Å². The summed E-state index contributed by atoms with van der Waals surface area (Å²) in [5, 5.41) is 3.23. The van der Waals surface area contributed by atoms with Crippen molar-refractivity contribution in [2.45, 2.75) is 19.8 Å². The number of hydrogen-bond donors (Lipinski definition) is 2. The van der Waals surface area contributed by atoms with E-state index in [0.29, 0.717) is 23.9 Å². The Kier molecular flexibility index (Phi) is 6.54. The molecule has 5 heteroatoms. The lowest BCUT2D eigenvalue weighted by atomic mass is 10.1. The van der Waals surface area contributed by atoms with Gasteiger partial charge in [-0.3, -0.25) is 4.79 Å². The molecule has 0 fully saturated rings. The number of nitrogens with one attached hydrogen (secondary N) is 1. The van der Waals surface area contributed by atoms with Crippen LogP contribution in [0.2, 0.25) is 5.02 Å². The Labute approximate surface area is 112 Å². The highest BCUT2D eigenvalue weighted by Crippen LogP contribution is 2.25. The van der Waals surface area contributed by atoms with E-state index in [9.17, 15) is 4.79 Å². The van der Waals surface area contributed by atoms with E-state index >= 15 is 0 Å². The predicted molar refractivity (Wildman–Crippen MR) is 73.0 cm³/mol. The summed E-state index contributed by atoms with van der Waals surface area (Å²) >= 11 is 6.06. The first-order valence-electron chi connectivity index (χ1n) is 6.05. The number of nitrogens with two attached hydrogens (primary N) is 1. The van der Waals surface area contributed by atoms with Crippen LogP contribution in [-0.4, -0.2) is 25.6 Å². The number of ether oxygens (including phenoxy) is 1. The molecule has 18 heavy (non-hydrogen) atoms. The highest BCUT2D eigenvalue weighted by molar-refractivity contribution is 6.32. The van der Waals surface area contributed by atoms with Gasteiger partial charge in [0.15, 0.2) is 6.61 Å². The Balaban J connectivity index is 2.49. The van der Waals surface area contributed by atoms with Crippen LogP contribution in [0.25, 0.3) is 0 Å². The fourth-order valence-corrected chi connectivity index (χ4v) is 1.70. The highest BCUT2D eigenvalue weighted by atomic mass is 35.5. The van der Waals surface area contributed by atoms with Crippen LogP contribution in [-0.2, 0) is 11.2 Å². The predicted octanol–water partition coefficient (Wildman–Crippen LogP) is 1.75. The lowest BCUT2D eigenvalue weighted by Gasteiger charge is -2.09. The summed E-state index contributed by atoms with van der Waals surface area (Å²) in [6.45, 7) is 3.21. The Morgan fingerprint density at radius 1 is 1.50 bits per heavy atom. The second-order valence-electron chi connectivity index (χ2n) is 3.94. The van der Waals surface area contributed by atoms with E-state index in [0.717, 1.165) is 18.4 Å². The van der Waals surface area contributed by atoms with Crippen LogP contribution in [0.1, 0.15) is 18.9 Å². The summed E-state index contributed by atoms with van der Waals surface area (Å²) in [6, 6.07) is 5.48. The molecule has 0 radical (unpaired) electrons. The molecule has 1 rings (SSSR count). The lowest BCUT2D eigenvalue weighted by Crippen LogP contribution is -2.29. The Morgan fingerprint density at radius 3 is 2.89 bits per heavy atom. The van der Waals surface area contributed by atoms with E-state index in [-0.39, 0.29) is 12.5 Å². The molecule has 100 valence electrons. The molecule has 0 heterocycles. The van der Waals surface area contributed by atoms with Crippen molar-refractivity contribution in [3.05, 3.63) is 28.8 Å². The third-order valence-corrected chi connectivity index (χ3v) is 2.66. The standard InChI is InChI=1S/C13H19ClN2O2/c1-2-7-16-13(17)9-18-12-4-3-10(5-6-15)8-11(12)14/h3-4,8H,2,5-7,9,15H2,1H3,(H,16,17). The van der Waals surface area contributed by atoms with Gasteiger partial charge in [0.25, 0.3) is 5.91 Å². The summed E-state index contributed by atoms with van der Waals surface area (Å²) in [5.41, 5.74) is 6.53. The van der Waals surface area contributed by atoms with Gasteiger partial charge in [-0.2, -0.15) is 0 Å².